The fourth-order valence-corrected chi connectivity index (χ4v) is 2.32. The molecule has 1 aromatic carbocycles. The highest BCUT2D eigenvalue weighted by Crippen LogP contribution is 2.15. The predicted octanol–water partition coefficient (Wildman–Crippen LogP) is 1.99. The number of carbonyl (C=O) groups excluding carboxylic acids is 1. The monoisotopic (exact) mass is 245 g/mol. The maximum atomic E-state index is 11.5. The molecule has 0 saturated carbocycles. The van der Waals surface area contributed by atoms with E-state index in [4.69, 9.17) is 11.6 Å². The molecule has 1 amide bonds. The molecule has 5 heteroatoms. The lowest BCUT2D eigenvalue weighted by atomic mass is 10.3. The molecule has 0 aromatic heterocycles. The van der Waals surface area contributed by atoms with Crippen LogP contribution in [0.1, 0.15) is 6.92 Å². The molecule has 1 aromatic rings. The van der Waals surface area contributed by atoms with Crippen molar-refractivity contribution in [2.45, 2.75) is 11.8 Å². The highest BCUT2D eigenvalue weighted by Gasteiger charge is 2.09. The number of amides is 1. The van der Waals surface area contributed by atoms with E-state index in [1.54, 1.807) is 24.3 Å². The van der Waals surface area contributed by atoms with Gasteiger partial charge in [-0.1, -0.05) is 0 Å². The second kappa shape index (κ2) is 6.00. The van der Waals surface area contributed by atoms with Gasteiger partial charge in [-0.3, -0.25) is 4.79 Å². The number of halogens is 1. The molecule has 0 heterocycles. The van der Waals surface area contributed by atoms with Crippen LogP contribution in [0.4, 0.5) is 5.69 Å². The Labute approximate surface area is 97.0 Å². The summed E-state index contributed by atoms with van der Waals surface area (Å²) in [7, 11) is 0. The van der Waals surface area contributed by atoms with Crippen LogP contribution in [0.2, 0.25) is 0 Å². The number of rotatable bonds is 4. The van der Waals surface area contributed by atoms with Crippen LogP contribution in [0.25, 0.3) is 0 Å². The zero-order chi connectivity index (χ0) is 11.3. The lowest BCUT2D eigenvalue weighted by Crippen LogP contribution is -2.09. The van der Waals surface area contributed by atoms with Gasteiger partial charge in [-0.15, -0.1) is 11.6 Å². The Bertz CT molecular complexity index is 329. The van der Waals surface area contributed by atoms with Gasteiger partial charge in [0.25, 0.3) is 0 Å². The fraction of sp³-hybridized carbons (Fsp3) is 0.300. The standard InChI is InChI=1S/C10H12ClNO2S/c1-8(13)12-9-2-4-10(5-3-9)15(14)7-6-11/h2-5H,6-7H2,1H3,(H,12,13). The number of hydrogen-bond donors (Lipinski definition) is 1. The van der Waals surface area contributed by atoms with Crippen molar-refractivity contribution in [3.05, 3.63) is 24.3 Å². The molecule has 15 heavy (non-hydrogen) atoms. The summed E-state index contributed by atoms with van der Waals surface area (Å²) in [6.45, 7) is 1.44. The largest absolute Gasteiger partial charge is 0.611 e. The minimum Gasteiger partial charge on any atom is -0.611 e. The molecule has 0 saturated heterocycles. The van der Waals surface area contributed by atoms with Gasteiger partial charge in [0.15, 0.2) is 4.90 Å². The van der Waals surface area contributed by atoms with Crippen LogP contribution >= 0.6 is 11.6 Å². The number of nitrogens with one attached hydrogen (secondary N) is 1. The van der Waals surface area contributed by atoms with E-state index in [-0.39, 0.29) is 5.91 Å². The number of hydrogen-bond acceptors (Lipinski definition) is 2. The van der Waals surface area contributed by atoms with Crippen molar-refractivity contribution in [2.24, 2.45) is 0 Å². The summed E-state index contributed by atoms with van der Waals surface area (Å²) in [6, 6.07) is 6.91. The van der Waals surface area contributed by atoms with Crippen LogP contribution in [-0.4, -0.2) is 22.1 Å². The summed E-state index contributed by atoms with van der Waals surface area (Å²) in [5.41, 5.74) is 0.703. The topological polar surface area (TPSA) is 52.2 Å². The summed E-state index contributed by atoms with van der Waals surface area (Å²) >= 11 is 4.45. The number of benzene rings is 1. The molecule has 1 atom stereocenters. The van der Waals surface area contributed by atoms with E-state index in [9.17, 15) is 9.35 Å². The molecule has 0 bridgehead atoms. The third-order valence-electron chi connectivity index (χ3n) is 1.70. The summed E-state index contributed by atoms with van der Waals surface area (Å²) in [5.74, 6) is 0.700. The minimum absolute atomic E-state index is 0.121. The summed E-state index contributed by atoms with van der Waals surface area (Å²) in [6.07, 6.45) is 0. The Morgan fingerprint density at radius 2 is 2.07 bits per heavy atom. The Morgan fingerprint density at radius 3 is 2.53 bits per heavy atom. The SMILES string of the molecule is CC(=O)Nc1ccc([S+]([O-])CCCl)cc1. The Balaban J connectivity index is 2.67. The van der Waals surface area contributed by atoms with Gasteiger partial charge in [0.2, 0.25) is 5.91 Å². The molecule has 1 unspecified atom stereocenters. The molecular formula is C10H12ClNO2S. The summed E-state index contributed by atoms with van der Waals surface area (Å²) in [4.78, 5) is 11.5. The maximum absolute atomic E-state index is 11.5. The highest BCUT2D eigenvalue weighted by molar-refractivity contribution is 7.91. The third-order valence-corrected chi connectivity index (χ3v) is 3.49. The zero-order valence-corrected chi connectivity index (χ0v) is 9.90. The van der Waals surface area contributed by atoms with Crippen molar-refractivity contribution in [1.82, 2.24) is 0 Å². The number of carbonyl (C=O) groups is 1. The van der Waals surface area contributed by atoms with E-state index in [0.717, 1.165) is 4.90 Å². The van der Waals surface area contributed by atoms with Crippen molar-refractivity contribution < 1.29 is 9.35 Å². The van der Waals surface area contributed by atoms with E-state index < -0.39 is 11.2 Å². The van der Waals surface area contributed by atoms with Crippen LogP contribution in [0.15, 0.2) is 29.2 Å². The minimum atomic E-state index is -1.05. The van der Waals surface area contributed by atoms with Gasteiger partial charge >= 0.3 is 0 Å². The lowest BCUT2D eigenvalue weighted by molar-refractivity contribution is -0.114. The highest BCUT2D eigenvalue weighted by atomic mass is 35.5. The van der Waals surface area contributed by atoms with E-state index in [1.165, 1.54) is 6.92 Å². The van der Waals surface area contributed by atoms with Crippen molar-refractivity contribution >= 4 is 34.4 Å². The van der Waals surface area contributed by atoms with E-state index in [1.807, 2.05) is 0 Å². The molecule has 1 rings (SSSR count). The van der Waals surface area contributed by atoms with Gasteiger partial charge < -0.3 is 9.87 Å². The Kier molecular flexibility index (Phi) is 4.94. The van der Waals surface area contributed by atoms with Crippen molar-refractivity contribution in [1.29, 1.82) is 0 Å². The van der Waals surface area contributed by atoms with Gasteiger partial charge in [0.05, 0.1) is 5.88 Å². The smallest absolute Gasteiger partial charge is 0.221 e. The van der Waals surface area contributed by atoms with Crippen molar-refractivity contribution in [3.8, 4) is 0 Å². The van der Waals surface area contributed by atoms with Gasteiger partial charge in [0, 0.05) is 12.6 Å². The molecule has 0 spiro atoms. The fourth-order valence-electron chi connectivity index (χ4n) is 1.08. The van der Waals surface area contributed by atoms with Crippen LogP contribution in [0.5, 0.6) is 0 Å². The lowest BCUT2D eigenvalue weighted by Gasteiger charge is -2.09. The van der Waals surface area contributed by atoms with Gasteiger partial charge in [-0.05, 0) is 35.4 Å². The Hall–Kier alpha value is -0.710. The van der Waals surface area contributed by atoms with Gasteiger partial charge in [0.1, 0.15) is 5.75 Å². The average molecular weight is 246 g/mol. The quantitative estimate of drug-likeness (QED) is 0.652. The first kappa shape index (κ1) is 12.4. The maximum Gasteiger partial charge on any atom is 0.221 e. The second-order valence-electron chi connectivity index (χ2n) is 2.94. The molecular weight excluding hydrogens is 234 g/mol. The molecule has 0 aliphatic carbocycles. The van der Waals surface area contributed by atoms with E-state index in [2.05, 4.69) is 5.32 Å². The first-order valence-electron chi connectivity index (χ1n) is 4.45. The molecule has 0 aliphatic rings. The normalized spacial score (nSPS) is 12.2. The molecule has 0 radical (unpaired) electrons. The molecule has 82 valence electrons. The van der Waals surface area contributed by atoms with Crippen LogP contribution in [0, 0.1) is 0 Å². The molecule has 0 aliphatic heterocycles. The zero-order valence-electron chi connectivity index (χ0n) is 8.33. The Morgan fingerprint density at radius 1 is 1.47 bits per heavy atom. The second-order valence-corrected chi connectivity index (χ2v) is 4.89. The van der Waals surface area contributed by atoms with Gasteiger partial charge in [-0.25, -0.2) is 0 Å². The first-order chi connectivity index (χ1) is 7.13. The van der Waals surface area contributed by atoms with Gasteiger partial charge in [-0.2, -0.15) is 0 Å². The first-order valence-corrected chi connectivity index (χ1v) is 6.31. The summed E-state index contributed by atoms with van der Waals surface area (Å²) < 4.78 is 11.5. The number of alkyl halides is 1. The predicted molar refractivity (Wildman–Crippen MR) is 62.7 cm³/mol. The number of anilines is 1. The van der Waals surface area contributed by atoms with E-state index >= 15 is 0 Å². The van der Waals surface area contributed by atoms with Crippen molar-refractivity contribution in [2.75, 3.05) is 16.9 Å². The average Bonchev–Trinajstić information content (AvgIpc) is 2.18. The summed E-state index contributed by atoms with van der Waals surface area (Å²) in [5, 5.41) is 2.64. The van der Waals surface area contributed by atoms with Crippen LogP contribution < -0.4 is 5.32 Å². The third kappa shape index (κ3) is 4.11. The molecule has 3 nitrogen and oxygen atoms in total. The van der Waals surface area contributed by atoms with Crippen molar-refractivity contribution in [3.63, 3.8) is 0 Å². The molecule has 1 N–H and O–H groups in total. The van der Waals surface area contributed by atoms with Crippen LogP contribution in [0.3, 0.4) is 0 Å². The molecule has 0 fully saturated rings. The van der Waals surface area contributed by atoms with E-state index in [0.29, 0.717) is 17.3 Å². The van der Waals surface area contributed by atoms with Crippen LogP contribution in [-0.2, 0) is 16.0 Å².